The Labute approximate surface area is 125 Å². The van der Waals surface area contributed by atoms with E-state index in [4.69, 9.17) is 5.26 Å². The number of thioether (sulfide) groups is 2. The average molecular weight is 316 g/mol. The third kappa shape index (κ3) is 4.67. The van der Waals surface area contributed by atoms with Crippen molar-refractivity contribution in [1.82, 2.24) is 15.5 Å². The van der Waals surface area contributed by atoms with Gasteiger partial charge in [0, 0.05) is 0 Å². The zero-order valence-corrected chi connectivity index (χ0v) is 13.7. The fourth-order valence-corrected chi connectivity index (χ4v) is 3.33. The molecular formula is C11H16N4OS3. The summed E-state index contributed by atoms with van der Waals surface area (Å²) in [5.74, 6) is 0.132. The Morgan fingerprint density at radius 3 is 2.63 bits per heavy atom. The van der Waals surface area contributed by atoms with E-state index in [0.717, 1.165) is 8.68 Å². The summed E-state index contributed by atoms with van der Waals surface area (Å²) < 4.78 is 1.65. The van der Waals surface area contributed by atoms with Crippen molar-refractivity contribution in [3.05, 3.63) is 0 Å². The molecule has 104 valence electrons. The molecule has 0 aliphatic carbocycles. The first-order valence-electron chi connectivity index (χ1n) is 5.64. The van der Waals surface area contributed by atoms with E-state index in [1.54, 1.807) is 6.92 Å². The molecule has 1 aromatic heterocycles. The van der Waals surface area contributed by atoms with Gasteiger partial charge in [0.1, 0.15) is 5.54 Å². The quantitative estimate of drug-likeness (QED) is 0.812. The molecule has 19 heavy (non-hydrogen) atoms. The van der Waals surface area contributed by atoms with E-state index in [1.165, 1.54) is 34.9 Å². The van der Waals surface area contributed by atoms with Crippen LogP contribution < -0.4 is 5.32 Å². The summed E-state index contributed by atoms with van der Waals surface area (Å²) in [6.07, 6.45) is 1.93. The van der Waals surface area contributed by atoms with Crippen LogP contribution >= 0.6 is 34.9 Å². The Kier molecular flexibility index (Phi) is 6.10. The average Bonchev–Trinajstić information content (AvgIpc) is 2.84. The molecule has 5 nitrogen and oxygen atoms in total. The largest absolute Gasteiger partial charge is 0.337 e. The molecule has 1 aromatic rings. The molecule has 0 aliphatic heterocycles. The minimum absolute atomic E-state index is 0.0519. The second-order valence-electron chi connectivity index (χ2n) is 4.34. The van der Waals surface area contributed by atoms with Crippen molar-refractivity contribution in [2.75, 3.05) is 12.0 Å². The Morgan fingerprint density at radius 2 is 2.16 bits per heavy atom. The smallest absolute Gasteiger partial charge is 0.231 e. The SMILES string of the molecule is CSc1nnc(SCC(=O)N[C@](C)(C#N)C(C)C)s1. The molecule has 0 unspecified atom stereocenters. The number of nitriles is 1. The molecule has 1 amide bonds. The molecule has 8 heteroatoms. The third-order valence-electron chi connectivity index (χ3n) is 2.68. The van der Waals surface area contributed by atoms with E-state index < -0.39 is 5.54 Å². The van der Waals surface area contributed by atoms with Crippen molar-refractivity contribution >= 4 is 40.8 Å². The topological polar surface area (TPSA) is 78.7 Å². The summed E-state index contributed by atoms with van der Waals surface area (Å²) in [5.41, 5.74) is -0.830. The van der Waals surface area contributed by atoms with Gasteiger partial charge in [0.15, 0.2) is 8.68 Å². The zero-order valence-electron chi connectivity index (χ0n) is 11.3. The number of nitrogens with zero attached hydrogens (tertiary/aromatic N) is 3. The second kappa shape index (κ2) is 7.12. The molecule has 0 aliphatic rings. The second-order valence-corrected chi connectivity index (χ2v) is 7.60. The van der Waals surface area contributed by atoms with Crippen LogP contribution in [0.1, 0.15) is 20.8 Å². The van der Waals surface area contributed by atoms with E-state index >= 15 is 0 Å². The Morgan fingerprint density at radius 1 is 1.53 bits per heavy atom. The van der Waals surface area contributed by atoms with Gasteiger partial charge in [-0.3, -0.25) is 4.79 Å². The lowest BCUT2D eigenvalue weighted by atomic mass is 9.90. The molecular weight excluding hydrogens is 300 g/mol. The van der Waals surface area contributed by atoms with Crippen LogP contribution in [-0.2, 0) is 4.79 Å². The number of rotatable bonds is 6. The van der Waals surface area contributed by atoms with Gasteiger partial charge in [0.25, 0.3) is 0 Å². The van der Waals surface area contributed by atoms with Gasteiger partial charge in [-0.1, -0.05) is 48.7 Å². The van der Waals surface area contributed by atoms with Crippen molar-refractivity contribution in [3.63, 3.8) is 0 Å². The minimum atomic E-state index is -0.830. The fraction of sp³-hybridized carbons (Fsp3) is 0.636. The number of carbonyl (C=O) groups excluding carboxylic acids is 1. The maximum atomic E-state index is 11.8. The van der Waals surface area contributed by atoms with Gasteiger partial charge in [0.05, 0.1) is 11.8 Å². The lowest BCUT2D eigenvalue weighted by Crippen LogP contribution is -2.49. The van der Waals surface area contributed by atoms with Crippen molar-refractivity contribution < 1.29 is 4.79 Å². The normalized spacial score (nSPS) is 13.9. The van der Waals surface area contributed by atoms with Crippen molar-refractivity contribution in [3.8, 4) is 6.07 Å². The minimum Gasteiger partial charge on any atom is -0.337 e. The molecule has 0 fully saturated rings. The number of amides is 1. The number of hydrogen-bond donors (Lipinski definition) is 1. The highest BCUT2D eigenvalue weighted by Gasteiger charge is 2.29. The lowest BCUT2D eigenvalue weighted by molar-refractivity contribution is -0.120. The van der Waals surface area contributed by atoms with Gasteiger partial charge in [0.2, 0.25) is 5.91 Å². The number of aromatic nitrogens is 2. The van der Waals surface area contributed by atoms with Crippen LogP contribution in [0.25, 0.3) is 0 Å². The summed E-state index contributed by atoms with van der Waals surface area (Å²) >= 11 is 4.33. The number of carbonyl (C=O) groups is 1. The maximum Gasteiger partial charge on any atom is 0.231 e. The van der Waals surface area contributed by atoms with E-state index in [1.807, 2.05) is 20.1 Å². The third-order valence-corrected chi connectivity index (χ3v) is 5.71. The van der Waals surface area contributed by atoms with E-state index in [-0.39, 0.29) is 17.6 Å². The molecule has 1 heterocycles. The van der Waals surface area contributed by atoms with Gasteiger partial charge in [-0.25, -0.2) is 0 Å². The van der Waals surface area contributed by atoms with Gasteiger partial charge in [-0.15, -0.1) is 10.2 Å². The molecule has 0 bridgehead atoms. The van der Waals surface area contributed by atoms with Gasteiger partial charge < -0.3 is 5.32 Å². The van der Waals surface area contributed by atoms with Crippen LogP contribution in [0.3, 0.4) is 0 Å². The van der Waals surface area contributed by atoms with Crippen molar-refractivity contribution in [1.29, 1.82) is 5.26 Å². The van der Waals surface area contributed by atoms with Crippen molar-refractivity contribution in [2.24, 2.45) is 5.92 Å². The van der Waals surface area contributed by atoms with Gasteiger partial charge >= 0.3 is 0 Å². The fourth-order valence-electron chi connectivity index (χ4n) is 1.09. The number of nitrogens with one attached hydrogen (secondary N) is 1. The molecule has 1 rings (SSSR count). The zero-order chi connectivity index (χ0) is 14.5. The van der Waals surface area contributed by atoms with E-state index in [0.29, 0.717) is 0 Å². The van der Waals surface area contributed by atoms with Gasteiger partial charge in [-0.2, -0.15) is 5.26 Å². The molecule has 1 N–H and O–H groups in total. The summed E-state index contributed by atoms with van der Waals surface area (Å²) in [6, 6.07) is 2.15. The number of hydrogen-bond acceptors (Lipinski definition) is 7. The van der Waals surface area contributed by atoms with E-state index in [9.17, 15) is 4.79 Å². The van der Waals surface area contributed by atoms with Crippen molar-refractivity contribution in [2.45, 2.75) is 35.0 Å². The highest BCUT2D eigenvalue weighted by molar-refractivity contribution is 8.03. The Balaban J connectivity index is 2.50. The molecule has 1 atom stereocenters. The highest BCUT2D eigenvalue weighted by Crippen LogP contribution is 2.27. The lowest BCUT2D eigenvalue weighted by Gasteiger charge is -2.27. The summed E-state index contributed by atoms with van der Waals surface area (Å²) in [5, 5.41) is 19.8. The Bertz CT molecular complexity index is 483. The standard InChI is InChI=1S/C11H16N4OS3/c1-7(2)11(3,6-12)13-8(16)5-18-10-15-14-9(17-4)19-10/h7H,5H2,1-4H3,(H,13,16)/t11-/m1/s1. The first kappa shape index (κ1) is 16.3. The summed E-state index contributed by atoms with van der Waals surface area (Å²) in [6.45, 7) is 5.55. The van der Waals surface area contributed by atoms with Crippen LogP contribution in [0.15, 0.2) is 8.68 Å². The molecule has 0 saturated carbocycles. The molecule has 0 saturated heterocycles. The predicted molar refractivity (Wildman–Crippen MR) is 79.4 cm³/mol. The van der Waals surface area contributed by atoms with E-state index in [2.05, 4.69) is 21.6 Å². The predicted octanol–water partition coefficient (Wildman–Crippen LogP) is 2.41. The van der Waals surface area contributed by atoms with Crippen LogP contribution in [0.5, 0.6) is 0 Å². The summed E-state index contributed by atoms with van der Waals surface area (Å²) in [7, 11) is 0. The Hall–Kier alpha value is -0.780. The molecule has 0 radical (unpaired) electrons. The van der Waals surface area contributed by atoms with Crippen LogP contribution in [-0.4, -0.2) is 33.7 Å². The maximum absolute atomic E-state index is 11.8. The summed E-state index contributed by atoms with van der Waals surface area (Å²) in [4.78, 5) is 11.8. The van der Waals surface area contributed by atoms with Crippen LogP contribution in [0.4, 0.5) is 0 Å². The highest BCUT2D eigenvalue weighted by atomic mass is 32.2. The van der Waals surface area contributed by atoms with Crippen LogP contribution in [0.2, 0.25) is 0 Å². The van der Waals surface area contributed by atoms with Crippen LogP contribution in [0, 0.1) is 17.2 Å². The van der Waals surface area contributed by atoms with Gasteiger partial charge in [-0.05, 0) is 19.1 Å². The monoisotopic (exact) mass is 316 g/mol. The molecule has 0 aromatic carbocycles. The first-order valence-corrected chi connectivity index (χ1v) is 8.66. The molecule has 0 spiro atoms. The first-order chi connectivity index (χ1) is 8.91.